The first-order valence-corrected chi connectivity index (χ1v) is 12.5. The number of benzene rings is 3. The zero-order valence-corrected chi connectivity index (χ0v) is 19.9. The summed E-state index contributed by atoms with van der Waals surface area (Å²) < 4.78 is 28.0. The van der Waals surface area contributed by atoms with E-state index >= 15 is 0 Å². The number of hydrogen-bond acceptors (Lipinski definition) is 6. The quantitative estimate of drug-likeness (QED) is 0.387. The van der Waals surface area contributed by atoms with Gasteiger partial charge < -0.3 is 0 Å². The van der Waals surface area contributed by atoms with Gasteiger partial charge in [-0.05, 0) is 36.8 Å². The first kappa shape index (κ1) is 22.9. The molecule has 0 bridgehead atoms. The van der Waals surface area contributed by atoms with Crippen molar-refractivity contribution in [1.29, 1.82) is 0 Å². The van der Waals surface area contributed by atoms with E-state index in [9.17, 15) is 13.2 Å². The minimum Gasteiger partial charge on any atom is -0.299 e. The monoisotopic (exact) mass is 498 g/mol. The van der Waals surface area contributed by atoms with E-state index in [1.54, 1.807) is 37.3 Å². The summed E-state index contributed by atoms with van der Waals surface area (Å²) >= 11 is 7.35. The molecule has 0 unspecified atom stereocenters. The van der Waals surface area contributed by atoms with Crippen LogP contribution in [0.4, 0.5) is 10.8 Å². The zero-order valence-electron chi connectivity index (χ0n) is 17.5. The number of carbonyl (C=O) groups is 1. The Hall–Kier alpha value is -3.27. The number of halogens is 1. The van der Waals surface area contributed by atoms with Crippen LogP contribution in [0.5, 0.6) is 0 Å². The number of hydrogen-bond donors (Lipinski definition) is 1. The molecule has 168 valence electrons. The summed E-state index contributed by atoms with van der Waals surface area (Å²) in [5.41, 5.74) is 1.86. The Balaban J connectivity index is 1.62. The Bertz CT molecular complexity index is 1380. The van der Waals surface area contributed by atoms with Crippen LogP contribution in [0, 0.1) is 6.92 Å². The average molecular weight is 499 g/mol. The van der Waals surface area contributed by atoms with Gasteiger partial charge in [0.25, 0.3) is 10.0 Å². The van der Waals surface area contributed by atoms with Crippen LogP contribution in [0.3, 0.4) is 0 Å². The highest BCUT2D eigenvalue weighted by molar-refractivity contribution is 7.92. The minimum absolute atomic E-state index is 0.0689. The van der Waals surface area contributed by atoms with Gasteiger partial charge in [-0.1, -0.05) is 77.5 Å². The number of aromatic nitrogens is 2. The lowest BCUT2D eigenvalue weighted by Crippen LogP contribution is -2.38. The van der Waals surface area contributed by atoms with Crippen LogP contribution in [0.25, 0.3) is 10.6 Å². The second kappa shape index (κ2) is 9.70. The van der Waals surface area contributed by atoms with Crippen molar-refractivity contribution in [3.05, 3.63) is 89.4 Å². The van der Waals surface area contributed by atoms with E-state index in [4.69, 9.17) is 11.6 Å². The molecule has 0 spiro atoms. The molecule has 0 atom stereocenters. The van der Waals surface area contributed by atoms with Gasteiger partial charge >= 0.3 is 0 Å². The normalized spacial score (nSPS) is 11.2. The maximum absolute atomic E-state index is 13.5. The number of nitrogens with one attached hydrogen (secondary N) is 1. The molecule has 0 aliphatic heterocycles. The number of amides is 1. The Morgan fingerprint density at radius 2 is 1.67 bits per heavy atom. The van der Waals surface area contributed by atoms with Crippen LogP contribution in [0.1, 0.15) is 5.56 Å². The van der Waals surface area contributed by atoms with Gasteiger partial charge in [0.2, 0.25) is 11.0 Å². The summed E-state index contributed by atoms with van der Waals surface area (Å²) in [6.45, 7) is 1.30. The molecular formula is C23H19ClN4O3S2. The lowest BCUT2D eigenvalue weighted by molar-refractivity contribution is -0.114. The molecule has 10 heteroatoms. The fourth-order valence-electron chi connectivity index (χ4n) is 3.13. The van der Waals surface area contributed by atoms with Crippen LogP contribution >= 0.6 is 22.9 Å². The summed E-state index contributed by atoms with van der Waals surface area (Å²) in [5.74, 6) is -0.551. The molecule has 1 aromatic heterocycles. The fraction of sp³-hybridized carbons (Fsp3) is 0.0870. The SMILES string of the molecule is Cc1ccc(Cl)cc1N(CC(=O)Nc1nnc(-c2ccccc2)s1)S(=O)(=O)c1ccccc1. The Morgan fingerprint density at radius 1 is 1.00 bits per heavy atom. The smallest absolute Gasteiger partial charge is 0.264 e. The van der Waals surface area contributed by atoms with Gasteiger partial charge in [0, 0.05) is 10.6 Å². The second-order valence-electron chi connectivity index (χ2n) is 7.08. The Labute approximate surface area is 200 Å². The molecule has 7 nitrogen and oxygen atoms in total. The second-order valence-corrected chi connectivity index (χ2v) is 10.4. The Kier molecular flexibility index (Phi) is 6.73. The standard InChI is InChI=1S/C23H19ClN4O3S2/c1-16-12-13-18(24)14-20(16)28(33(30,31)19-10-6-3-7-11-19)15-21(29)25-23-27-26-22(32-23)17-8-4-2-5-9-17/h2-14H,15H2,1H3,(H,25,27,29). The van der Waals surface area contributed by atoms with Gasteiger partial charge in [0.1, 0.15) is 11.6 Å². The van der Waals surface area contributed by atoms with Gasteiger partial charge in [-0.15, -0.1) is 10.2 Å². The van der Waals surface area contributed by atoms with E-state index in [1.807, 2.05) is 30.3 Å². The van der Waals surface area contributed by atoms with E-state index in [0.29, 0.717) is 21.3 Å². The van der Waals surface area contributed by atoms with Crippen LogP contribution in [0.2, 0.25) is 5.02 Å². The zero-order chi connectivity index (χ0) is 23.4. The lowest BCUT2D eigenvalue weighted by Gasteiger charge is -2.25. The first-order chi connectivity index (χ1) is 15.8. The highest BCUT2D eigenvalue weighted by Crippen LogP contribution is 2.30. The number of carbonyl (C=O) groups excluding carboxylic acids is 1. The van der Waals surface area contributed by atoms with Gasteiger partial charge in [0.05, 0.1) is 10.6 Å². The van der Waals surface area contributed by atoms with Gasteiger partial charge in [-0.25, -0.2) is 8.42 Å². The molecule has 3 aromatic carbocycles. The molecule has 0 aliphatic rings. The number of nitrogens with zero attached hydrogens (tertiary/aromatic N) is 3. The summed E-state index contributed by atoms with van der Waals surface area (Å²) in [5, 5.41) is 12.1. The largest absolute Gasteiger partial charge is 0.299 e. The predicted molar refractivity (Wildman–Crippen MR) is 131 cm³/mol. The third-order valence-electron chi connectivity index (χ3n) is 4.75. The minimum atomic E-state index is -4.04. The van der Waals surface area contributed by atoms with E-state index in [1.165, 1.54) is 29.5 Å². The maximum Gasteiger partial charge on any atom is 0.264 e. The van der Waals surface area contributed by atoms with Crippen LogP contribution in [-0.4, -0.2) is 31.1 Å². The Morgan fingerprint density at radius 3 is 2.36 bits per heavy atom. The van der Waals surface area contributed by atoms with Crippen LogP contribution in [0.15, 0.2) is 83.8 Å². The van der Waals surface area contributed by atoms with Crippen molar-refractivity contribution in [2.24, 2.45) is 0 Å². The number of sulfonamides is 1. The maximum atomic E-state index is 13.5. The average Bonchev–Trinajstić information content (AvgIpc) is 3.28. The van der Waals surface area contributed by atoms with Crippen molar-refractivity contribution < 1.29 is 13.2 Å². The van der Waals surface area contributed by atoms with Crippen molar-refractivity contribution in [2.75, 3.05) is 16.2 Å². The van der Waals surface area contributed by atoms with Gasteiger partial charge in [0.15, 0.2) is 0 Å². The number of anilines is 2. The van der Waals surface area contributed by atoms with E-state index in [-0.39, 0.29) is 10.0 Å². The van der Waals surface area contributed by atoms with E-state index in [0.717, 1.165) is 9.87 Å². The van der Waals surface area contributed by atoms with Crippen molar-refractivity contribution in [1.82, 2.24) is 10.2 Å². The first-order valence-electron chi connectivity index (χ1n) is 9.87. The highest BCUT2D eigenvalue weighted by Gasteiger charge is 2.28. The molecule has 0 aliphatic carbocycles. The molecule has 0 radical (unpaired) electrons. The van der Waals surface area contributed by atoms with Crippen molar-refractivity contribution in [3.8, 4) is 10.6 Å². The van der Waals surface area contributed by atoms with Crippen molar-refractivity contribution in [3.63, 3.8) is 0 Å². The summed E-state index contributed by atoms with van der Waals surface area (Å²) in [4.78, 5) is 13.0. The fourth-order valence-corrected chi connectivity index (χ4v) is 5.56. The highest BCUT2D eigenvalue weighted by atomic mass is 35.5. The number of aryl methyl sites for hydroxylation is 1. The van der Waals surface area contributed by atoms with E-state index in [2.05, 4.69) is 15.5 Å². The topological polar surface area (TPSA) is 92.3 Å². The number of rotatable bonds is 7. The van der Waals surface area contributed by atoms with Crippen LogP contribution < -0.4 is 9.62 Å². The van der Waals surface area contributed by atoms with Crippen molar-refractivity contribution in [2.45, 2.75) is 11.8 Å². The molecule has 1 N–H and O–H groups in total. The third kappa shape index (κ3) is 5.22. The van der Waals surface area contributed by atoms with E-state index < -0.39 is 22.5 Å². The molecule has 1 heterocycles. The third-order valence-corrected chi connectivity index (χ3v) is 7.65. The molecule has 0 fully saturated rings. The van der Waals surface area contributed by atoms with Crippen molar-refractivity contribution >= 4 is 49.7 Å². The molecule has 0 saturated carbocycles. The summed E-state index contributed by atoms with van der Waals surface area (Å²) in [6, 6.07) is 22.3. The van der Waals surface area contributed by atoms with Gasteiger partial charge in [-0.3, -0.25) is 14.4 Å². The lowest BCUT2D eigenvalue weighted by atomic mass is 10.2. The van der Waals surface area contributed by atoms with Gasteiger partial charge in [-0.2, -0.15) is 0 Å². The molecule has 33 heavy (non-hydrogen) atoms. The molecular weight excluding hydrogens is 480 g/mol. The summed E-state index contributed by atoms with van der Waals surface area (Å²) in [7, 11) is -4.04. The molecule has 0 saturated heterocycles. The van der Waals surface area contributed by atoms with Crippen LogP contribution in [-0.2, 0) is 14.8 Å². The molecule has 4 rings (SSSR count). The molecule has 1 amide bonds. The molecule has 4 aromatic rings. The predicted octanol–water partition coefficient (Wildman–Crippen LogP) is 5.00. The summed E-state index contributed by atoms with van der Waals surface area (Å²) in [6.07, 6.45) is 0.